The summed E-state index contributed by atoms with van der Waals surface area (Å²) in [5.41, 5.74) is 0. The zero-order valence-electron chi connectivity index (χ0n) is 7.69. The Morgan fingerprint density at radius 2 is 2.54 bits per heavy atom. The molecule has 0 saturated carbocycles. The smallest absolute Gasteiger partial charge is 0.225 e. The molecule has 0 radical (unpaired) electrons. The lowest BCUT2D eigenvalue weighted by Crippen LogP contribution is -2.35. The summed E-state index contributed by atoms with van der Waals surface area (Å²) < 4.78 is 5.40. The van der Waals surface area contributed by atoms with Crippen LogP contribution in [0.4, 0.5) is 0 Å². The van der Waals surface area contributed by atoms with Gasteiger partial charge in [-0.05, 0) is 6.92 Å². The Labute approximate surface area is 78.0 Å². The molecule has 2 heterocycles. The molecule has 0 unspecified atom stereocenters. The van der Waals surface area contributed by atoms with Gasteiger partial charge in [-0.15, -0.1) is 12.3 Å². The summed E-state index contributed by atoms with van der Waals surface area (Å²) in [5, 5.41) is 0. The number of amides is 1. The van der Waals surface area contributed by atoms with Crippen molar-refractivity contribution in [1.82, 2.24) is 4.90 Å². The molecule has 0 N–H and O–H groups in total. The van der Waals surface area contributed by atoms with Crippen molar-refractivity contribution >= 4 is 5.91 Å². The Hall–Kier alpha value is -1.01. The molecule has 13 heavy (non-hydrogen) atoms. The molecular formula is C10H13NO2. The average Bonchev–Trinajstić information content (AvgIpc) is 2.58. The van der Waals surface area contributed by atoms with Crippen LogP contribution in [-0.2, 0) is 9.53 Å². The lowest BCUT2D eigenvalue weighted by Gasteiger charge is -2.19. The number of hydrogen-bond acceptors (Lipinski definition) is 2. The van der Waals surface area contributed by atoms with Crippen LogP contribution >= 0.6 is 0 Å². The summed E-state index contributed by atoms with van der Waals surface area (Å²) in [4.78, 5) is 13.4. The van der Waals surface area contributed by atoms with E-state index in [1.165, 1.54) is 0 Å². The van der Waals surface area contributed by atoms with Gasteiger partial charge in [0.2, 0.25) is 5.91 Å². The highest BCUT2D eigenvalue weighted by atomic mass is 16.5. The van der Waals surface area contributed by atoms with Gasteiger partial charge in [0.25, 0.3) is 0 Å². The quantitative estimate of drug-likeness (QED) is 0.552. The molecule has 70 valence electrons. The molecule has 0 aromatic heterocycles. The fraction of sp³-hybridized carbons (Fsp3) is 0.700. The average molecular weight is 179 g/mol. The van der Waals surface area contributed by atoms with Crippen LogP contribution in [0.3, 0.4) is 0 Å². The first-order valence-corrected chi connectivity index (χ1v) is 4.60. The maximum atomic E-state index is 11.5. The molecule has 2 aliphatic heterocycles. The standard InChI is InChI=1S/C10H13NO2/c1-3-4-8-5-10(12)11-7(2)13-6-9(8)11/h1,7-9H,4-6H2,2H3/t7-,8+,9-/m1/s1. The first kappa shape index (κ1) is 8.58. The second-order valence-electron chi connectivity index (χ2n) is 3.67. The number of fused-ring (bicyclic) bond motifs is 1. The number of ether oxygens (including phenoxy) is 1. The van der Waals surface area contributed by atoms with Crippen molar-refractivity contribution in [2.45, 2.75) is 32.0 Å². The number of rotatable bonds is 1. The second-order valence-corrected chi connectivity index (χ2v) is 3.67. The van der Waals surface area contributed by atoms with Gasteiger partial charge in [-0.25, -0.2) is 0 Å². The Morgan fingerprint density at radius 3 is 3.23 bits per heavy atom. The summed E-state index contributed by atoms with van der Waals surface area (Å²) in [6.45, 7) is 2.56. The Kier molecular flexibility index (Phi) is 2.01. The molecule has 0 spiro atoms. The molecule has 2 aliphatic rings. The van der Waals surface area contributed by atoms with Crippen LogP contribution in [0.2, 0.25) is 0 Å². The van der Waals surface area contributed by atoms with E-state index in [2.05, 4.69) is 5.92 Å². The maximum Gasteiger partial charge on any atom is 0.225 e. The van der Waals surface area contributed by atoms with Crippen molar-refractivity contribution in [3.63, 3.8) is 0 Å². The van der Waals surface area contributed by atoms with Crippen LogP contribution in [0, 0.1) is 18.3 Å². The Bertz CT molecular complexity index is 269. The van der Waals surface area contributed by atoms with Gasteiger partial charge in [0.05, 0.1) is 12.6 Å². The number of carbonyl (C=O) groups excluding carboxylic acids is 1. The van der Waals surface area contributed by atoms with E-state index in [1.807, 2.05) is 11.8 Å². The monoisotopic (exact) mass is 179 g/mol. The Balaban J connectivity index is 2.14. The highest BCUT2D eigenvalue weighted by Gasteiger charge is 2.46. The minimum absolute atomic E-state index is 0.0553. The minimum Gasteiger partial charge on any atom is -0.356 e. The lowest BCUT2D eigenvalue weighted by molar-refractivity contribution is -0.132. The van der Waals surface area contributed by atoms with E-state index in [0.717, 1.165) is 0 Å². The highest BCUT2D eigenvalue weighted by Crippen LogP contribution is 2.34. The van der Waals surface area contributed by atoms with E-state index in [-0.39, 0.29) is 18.2 Å². The summed E-state index contributed by atoms with van der Waals surface area (Å²) in [6, 6.07) is 0.235. The van der Waals surface area contributed by atoms with Gasteiger partial charge in [0, 0.05) is 18.8 Å². The predicted molar refractivity (Wildman–Crippen MR) is 47.6 cm³/mol. The normalized spacial score (nSPS) is 37.7. The van der Waals surface area contributed by atoms with Crippen molar-refractivity contribution in [2.75, 3.05) is 6.61 Å². The third kappa shape index (κ3) is 1.22. The zero-order chi connectivity index (χ0) is 9.42. The SMILES string of the molecule is C#CC[C@H]1CC(=O)N2[C@@H]1CO[C@@H]2C. The lowest BCUT2D eigenvalue weighted by atomic mass is 9.98. The van der Waals surface area contributed by atoms with Crippen molar-refractivity contribution in [3.8, 4) is 12.3 Å². The largest absolute Gasteiger partial charge is 0.356 e. The first-order valence-electron chi connectivity index (χ1n) is 4.60. The maximum absolute atomic E-state index is 11.5. The number of terminal acetylenes is 1. The molecule has 0 aliphatic carbocycles. The van der Waals surface area contributed by atoms with E-state index in [1.54, 1.807) is 0 Å². The molecule has 0 aromatic carbocycles. The summed E-state index contributed by atoms with van der Waals surface area (Å²) in [7, 11) is 0. The topological polar surface area (TPSA) is 29.5 Å². The van der Waals surface area contributed by atoms with Crippen molar-refractivity contribution in [2.24, 2.45) is 5.92 Å². The molecule has 3 nitrogen and oxygen atoms in total. The van der Waals surface area contributed by atoms with Crippen molar-refractivity contribution in [1.29, 1.82) is 0 Å². The molecule has 2 fully saturated rings. The highest BCUT2D eigenvalue weighted by molar-refractivity contribution is 5.79. The molecule has 0 aromatic rings. The zero-order valence-corrected chi connectivity index (χ0v) is 7.69. The summed E-state index contributed by atoms with van der Waals surface area (Å²) >= 11 is 0. The summed E-state index contributed by atoms with van der Waals surface area (Å²) in [6.07, 6.45) is 6.48. The molecule has 2 rings (SSSR count). The van der Waals surface area contributed by atoms with E-state index in [4.69, 9.17) is 11.2 Å². The van der Waals surface area contributed by atoms with Crippen LogP contribution in [-0.4, -0.2) is 29.7 Å². The van der Waals surface area contributed by atoms with Crippen LogP contribution in [0.25, 0.3) is 0 Å². The number of hydrogen-bond donors (Lipinski definition) is 0. The van der Waals surface area contributed by atoms with E-state index in [9.17, 15) is 4.79 Å². The third-order valence-corrected chi connectivity index (χ3v) is 2.91. The Morgan fingerprint density at radius 1 is 1.77 bits per heavy atom. The fourth-order valence-electron chi connectivity index (χ4n) is 2.24. The van der Waals surface area contributed by atoms with Crippen LogP contribution in [0.1, 0.15) is 19.8 Å². The molecule has 3 atom stereocenters. The minimum atomic E-state index is -0.0553. The van der Waals surface area contributed by atoms with Gasteiger partial charge in [-0.3, -0.25) is 4.79 Å². The number of carbonyl (C=O) groups is 1. The molecule has 2 saturated heterocycles. The molecule has 1 amide bonds. The van der Waals surface area contributed by atoms with Crippen LogP contribution in [0.5, 0.6) is 0 Å². The van der Waals surface area contributed by atoms with Crippen molar-refractivity contribution < 1.29 is 9.53 Å². The van der Waals surface area contributed by atoms with Crippen LogP contribution < -0.4 is 0 Å². The van der Waals surface area contributed by atoms with Gasteiger partial charge in [-0.2, -0.15) is 0 Å². The molecular weight excluding hydrogens is 166 g/mol. The van der Waals surface area contributed by atoms with E-state index < -0.39 is 0 Å². The molecule has 0 bridgehead atoms. The third-order valence-electron chi connectivity index (χ3n) is 2.91. The fourth-order valence-corrected chi connectivity index (χ4v) is 2.24. The van der Waals surface area contributed by atoms with Gasteiger partial charge >= 0.3 is 0 Å². The second kappa shape index (κ2) is 3.04. The van der Waals surface area contributed by atoms with Crippen molar-refractivity contribution in [3.05, 3.63) is 0 Å². The van der Waals surface area contributed by atoms with E-state index >= 15 is 0 Å². The van der Waals surface area contributed by atoms with Crippen LogP contribution in [0.15, 0.2) is 0 Å². The molecule has 3 heteroatoms. The van der Waals surface area contributed by atoms with Gasteiger partial charge < -0.3 is 9.64 Å². The summed E-state index contributed by atoms with van der Waals surface area (Å²) in [5.74, 6) is 3.12. The van der Waals surface area contributed by atoms with E-state index in [0.29, 0.717) is 25.4 Å². The van der Waals surface area contributed by atoms with Gasteiger partial charge in [-0.1, -0.05) is 0 Å². The number of nitrogens with zero attached hydrogens (tertiary/aromatic N) is 1. The predicted octanol–water partition coefficient (Wildman–Crippen LogP) is 0.603. The first-order chi connectivity index (χ1) is 6.24. The van der Waals surface area contributed by atoms with Gasteiger partial charge in [0.1, 0.15) is 6.23 Å². The van der Waals surface area contributed by atoms with Gasteiger partial charge in [0.15, 0.2) is 0 Å².